The largest absolute Gasteiger partial charge is 0.497 e. The van der Waals surface area contributed by atoms with Crippen LogP contribution in [-0.2, 0) is 9.59 Å². The van der Waals surface area contributed by atoms with Gasteiger partial charge in [0.25, 0.3) is 11.8 Å². The highest BCUT2D eigenvalue weighted by Gasteiger charge is 2.35. The number of allylic oxidation sites excluding steroid dienone is 1. The van der Waals surface area contributed by atoms with Crippen LogP contribution < -0.4 is 24.6 Å². The molecular weight excluding hydrogens is 462 g/mol. The van der Waals surface area contributed by atoms with E-state index in [4.69, 9.17) is 21.7 Å². The van der Waals surface area contributed by atoms with E-state index in [0.29, 0.717) is 22.7 Å². The molecule has 2 heterocycles. The Morgan fingerprint density at radius 1 is 1.09 bits per heavy atom. The minimum absolute atomic E-state index is 0.0271. The molecule has 1 fully saturated rings. The second kappa shape index (κ2) is 9.19. The molecule has 0 saturated carbocycles. The third-order valence-electron chi connectivity index (χ3n) is 6.38. The number of anilines is 2. The second-order valence-corrected chi connectivity index (χ2v) is 9.38. The van der Waals surface area contributed by atoms with Gasteiger partial charge in [0.05, 0.1) is 25.4 Å². The lowest BCUT2D eigenvalue weighted by molar-refractivity contribution is -0.122. The number of carbonyl (C=O) groups excluding carboxylic acids is 2. The van der Waals surface area contributed by atoms with Crippen molar-refractivity contribution in [2.24, 2.45) is 0 Å². The highest BCUT2D eigenvalue weighted by molar-refractivity contribution is 7.80. The molecule has 182 valence electrons. The number of rotatable bonds is 5. The van der Waals surface area contributed by atoms with Gasteiger partial charge in [-0.3, -0.25) is 19.8 Å². The minimum Gasteiger partial charge on any atom is -0.497 e. The maximum Gasteiger partial charge on any atom is 0.270 e. The van der Waals surface area contributed by atoms with E-state index in [9.17, 15) is 9.59 Å². The van der Waals surface area contributed by atoms with Crippen LogP contribution in [0.1, 0.15) is 38.8 Å². The smallest absolute Gasteiger partial charge is 0.270 e. The Labute approximate surface area is 211 Å². The summed E-state index contributed by atoms with van der Waals surface area (Å²) in [5.41, 5.74) is 4.20. The third kappa shape index (κ3) is 4.30. The average Bonchev–Trinajstić information content (AvgIpc) is 2.81. The van der Waals surface area contributed by atoms with Gasteiger partial charge in [-0.25, -0.2) is 0 Å². The zero-order valence-electron chi connectivity index (χ0n) is 20.8. The molecule has 35 heavy (non-hydrogen) atoms. The van der Waals surface area contributed by atoms with Crippen LogP contribution in [0, 0.1) is 0 Å². The summed E-state index contributed by atoms with van der Waals surface area (Å²) in [6, 6.07) is 10.8. The molecule has 1 saturated heterocycles. The average molecular weight is 492 g/mol. The minimum atomic E-state index is -0.548. The van der Waals surface area contributed by atoms with Crippen LogP contribution in [0.25, 0.3) is 11.6 Å². The number of amides is 2. The molecule has 2 aromatic carbocycles. The second-order valence-electron chi connectivity index (χ2n) is 8.99. The Bertz CT molecular complexity index is 1280. The Hall–Kier alpha value is -3.65. The maximum atomic E-state index is 13.5. The number of thiocarbonyl (C=S) groups is 1. The van der Waals surface area contributed by atoms with Crippen molar-refractivity contribution in [1.82, 2.24) is 5.32 Å². The molecule has 2 aliphatic heterocycles. The van der Waals surface area contributed by atoms with Crippen molar-refractivity contribution in [1.29, 1.82) is 0 Å². The summed E-state index contributed by atoms with van der Waals surface area (Å²) in [4.78, 5) is 29.9. The number of methoxy groups -OCH3 is 2. The molecule has 7 nitrogen and oxygen atoms in total. The van der Waals surface area contributed by atoms with E-state index in [1.54, 1.807) is 44.6 Å². The fourth-order valence-electron chi connectivity index (χ4n) is 4.77. The zero-order valence-corrected chi connectivity index (χ0v) is 21.6. The van der Waals surface area contributed by atoms with Crippen molar-refractivity contribution in [3.05, 3.63) is 59.2 Å². The molecule has 0 bridgehead atoms. The summed E-state index contributed by atoms with van der Waals surface area (Å²) in [6.45, 7) is 9.35. The summed E-state index contributed by atoms with van der Waals surface area (Å²) in [5, 5.41) is 2.66. The highest BCUT2D eigenvalue weighted by Crippen LogP contribution is 2.42. The number of nitrogens with zero attached hydrogens (tertiary/aromatic N) is 2. The number of ether oxygens (including phenoxy) is 2. The molecular formula is C27H29N3O4S. The van der Waals surface area contributed by atoms with Crippen molar-refractivity contribution in [3.63, 3.8) is 0 Å². The number of hydrogen-bond acceptors (Lipinski definition) is 6. The van der Waals surface area contributed by atoms with Crippen molar-refractivity contribution in [2.75, 3.05) is 30.6 Å². The standard InChI is InChI=1S/C27H29N3O4S/c1-7-29-22-14-23(34-6)17(12-20(22)16(2)15-27(29,3)4)13-21-24(31)28-26(35)30(25(21)32)18-8-10-19(33-5)11-9-18/h8-15H,7H2,1-6H3,(H,28,31,35)/b21-13-. The Morgan fingerprint density at radius 2 is 1.77 bits per heavy atom. The lowest BCUT2D eigenvalue weighted by Gasteiger charge is -2.43. The molecule has 4 rings (SSSR count). The van der Waals surface area contributed by atoms with Crippen molar-refractivity contribution in [3.8, 4) is 11.5 Å². The molecule has 0 unspecified atom stereocenters. The lowest BCUT2D eigenvalue weighted by atomic mass is 9.87. The molecule has 2 aromatic rings. The molecule has 0 radical (unpaired) electrons. The molecule has 0 atom stereocenters. The van der Waals surface area contributed by atoms with Gasteiger partial charge in [0.2, 0.25) is 0 Å². The monoisotopic (exact) mass is 491 g/mol. The molecule has 1 N–H and O–H groups in total. The Kier molecular flexibility index (Phi) is 6.42. The zero-order chi connectivity index (χ0) is 25.5. The fourth-order valence-corrected chi connectivity index (χ4v) is 5.05. The quantitative estimate of drug-likeness (QED) is 0.376. The molecule has 0 aliphatic carbocycles. The predicted octanol–water partition coefficient (Wildman–Crippen LogP) is 4.56. The first-order chi connectivity index (χ1) is 16.6. The Morgan fingerprint density at radius 3 is 2.37 bits per heavy atom. The van der Waals surface area contributed by atoms with Gasteiger partial charge in [0, 0.05) is 29.4 Å². The molecule has 0 spiro atoms. The first-order valence-corrected chi connectivity index (χ1v) is 11.8. The molecule has 8 heteroatoms. The number of fused-ring (bicyclic) bond motifs is 1. The Balaban J connectivity index is 1.80. The van der Waals surface area contributed by atoms with E-state index < -0.39 is 11.8 Å². The number of carbonyl (C=O) groups is 2. The fraction of sp³-hybridized carbons (Fsp3) is 0.296. The van der Waals surface area contributed by atoms with Crippen LogP contribution in [-0.4, -0.2) is 43.2 Å². The third-order valence-corrected chi connectivity index (χ3v) is 6.66. The summed E-state index contributed by atoms with van der Waals surface area (Å²) in [5.74, 6) is 0.167. The van der Waals surface area contributed by atoms with Crippen LogP contribution >= 0.6 is 12.2 Å². The van der Waals surface area contributed by atoms with E-state index in [1.165, 1.54) is 4.90 Å². The van der Waals surface area contributed by atoms with Gasteiger partial charge < -0.3 is 14.4 Å². The van der Waals surface area contributed by atoms with Crippen LogP contribution in [0.2, 0.25) is 0 Å². The molecule has 2 aliphatic rings. The van der Waals surface area contributed by atoms with Crippen LogP contribution in [0.5, 0.6) is 11.5 Å². The summed E-state index contributed by atoms with van der Waals surface area (Å²) in [6.07, 6.45) is 3.79. The number of hydrogen-bond donors (Lipinski definition) is 1. The summed E-state index contributed by atoms with van der Waals surface area (Å²) >= 11 is 5.31. The first kappa shape index (κ1) is 24.5. The SMILES string of the molecule is CCN1c2cc(OC)c(/C=C3/C(=O)NC(=S)N(c4ccc(OC)cc4)C3=O)cc2C(C)=CC1(C)C. The van der Waals surface area contributed by atoms with E-state index >= 15 is 0 Å². The van der Waals surface area contributed by atoms with E-state index in [-0.39, 0.29) is 16.2 Å². The van der Waals surface area contributed by atoms with Crippen LogP contribution in [0.3, 0.4) is 0 Å². The first-order valence-electron chi connectivity index (χ1n) is 11.4. The van der Waals surface area contributed by atoms with E-state index in [0.717, 1.165) is 23.4 Å². The highest BCUT2D eigenvalue weighted by atomic mass is 32.1. The van der Waals surface area contributed by atoms with Crippen molar-refractivity contribution >= 4 is 52.2 Å². The van der Waals surface area contributed by atoms with Gasteiger partial charge in [0.15, 0.2) is 5.11 Å². The van der Waals surface area contributed by atoms with E-state index in [2.05, 4.69) is 44.0 Å². The summed E-state index contributed by atoms with van der Waals surface area (Å²) in [7, 11) is 3.15. The molecule has 0 aromatic heterocycles. The number of nitrogens with one attached hydrogen (secondary N) is 1. The van der Waals surface area contributed by atoms with Gasteiger partial charge in [0.1, 0.15) is 17.1 Å². The summed E-state index contributed by atoms with van der Waals surface area (Å²) < 4.78 is 10.9. The lowest BCUT2D eigenvalue weighted by Crippen LogP contribution is -2.54. The van der Waals surface area contributed by atoms with Gasteiger partial charge in [-0.1, -0.05) is 6.08 Å². The van der Waals surface area contributed by atoms with Gasteiger partial charge in [-0.15, -0.1) is 0 Å². The van der Waals surface area contributed by atoms with Crippen LogP contribution in [0.4, 0.5) is 11.4 Å². The van der Waals surface area contributed by atoms with Gasteiger partial charge >= 0.3 is 0 Å². The number of benzene rings is 2. The molecule has 2 amide bonds. The number of likely N-dealkylation sites (N-methyl/N-ethyl adjacent to an activating group) is 1. The van der Waals surface area contributed by atoms with E-state index in [1.807, 2.05) is 12.1 Å². The van der Waals surface area contributed by atoms with Gasteiger partial charge in [-0.2, -0.15) is 0 Å². The van der Waals surface area contributed by atoms with Crippen LogP contribution in [0.15, 0.2) is 48.0 Å². The normalized spacial score (nSPS) is 18.3. The van der Waals surface area contributed by atoms with Crippen molar-refractivity contribution in [2.45, 2.75) is 33.2 Å². The van der Waals surface area contributed by atoms with Gasteiger partial charge in [-0.05, 0) is 81.9 Å². The van der Waals surface area contributed by atoms with Crippen molar-refractivity contribution < 1.29 is 19.1 Å². The maximum absolute atomic E-state index is 13.5. The predicted molar refractivity (Wildman–Crippen MR) is 143 cm³/mol. The topological polar surface area (TPSA) is 71.1 Å².